The second kappa shape index (κ2) is 8.11. The minimum absolute atomic E-state index is 0.163. The Bertz CT molecular complexity index is 728. The molecule has 4 nitrogen and oxygen atoms in total. The first-order valence-electron chi connectivity index (χ1n) is 7.81. The van der Waals surface area contributed by atoms with Crippen LogP contribution >= 0.6 is 0 Å². The van der Waals surface area contributed by atoms with Crippen molar-refractivity contribution in [3.63, 3.8) is 0 Å². The van der Waals surface area contributed by atoms with Gasteiger partial charge in [0.2, 0.25) is 5.91 Å². The average molecular weight is 323 g/mol. The van der Waals surface area contributed by atoms with Crippen molar-refractivity contribution in [2.75, 3.05) is 5.32 Å². The molecular formula is C20H21NO3. The quantitative estimate of drug-likeness (QED) is 0.662. The number of nitrogens with one attached hydrogen (secondary N) is 1. The highest BCUT2D eigenvalue weighted by Gasteiger charge is 2.09. The lowest BCUT2D eigenvalue weighted by molar-refractivity contribution is -0.111. The molecule has 0 unspecified atom stereocenters. The van der Waals surface area contributed by atoms with Crippen LogP contribution in [-0.4, -0.2) is 18.0 Å². The van der Waals surface area contributed by atoms with E-state index >= 15 is 0 Å². The lowest BCUT2D eigenvalue weighted by Gasteiger charge is -2.08. The van der Waals surface area contributed by atoms with Crippen molar-refractivity contribution in [1.82, 2.24) is 0 Å². The number of ether oxygens (including phenoxy) is 1. The highest BCUT2D eigenvalue weighted by molar-refractivity contribution is 6.02. The third kappa shape index (κ3) is 5.39. The number of rotatable bonds is 5. The summed E-state index contributed by atoms with van der Waals surface area (Å²) in [6.45, 7) is 5.61. The Kier molecular flexibility index (Phi) is 5.90. The predicted molar refractivity (Wildman–Crippen MR) is 95.8 cm³/mol. The standard InChI is InChI=1S/C20H21NO3/c1-14(2)24-20(23)17-9-11-18(12-10-17)21-19(22)13-8-16-6-4-15(3)5-7-16/h4-14H,1-3H3,(H,21,22)/b13-8+. The molecule has 2 rings (SSSR count). The normalized spacial score (nSPS) is 10.8. The van der Waals surface area contributed by atoms with Crippen molar-refractivity contribution in [2.24, 2.45) is 0 Å². The molecule has 124 valence electrons. The fourth-order valence-corrected chi connectivity index (χ4v) is 2.01. The molecule has 24 heavy (non-hydrogen) atoms. The molecule has 1 N–H and O–H groups in total. The van der Waals surface area contributed by atoms with Gasteiger partial charge in [-0.05, 0) is 56.7 Å². The molecule has 0 heterocycles. The lowest BCUT2D eigenvalue weighted by Crippen LogP contribution is -2.12. The number of anilines is 1. The smallest absolute Gasteiger partial charge is 0.338 e. The summed E-state index contributed by atoms with van der Waals surface area (Å²) < 4.78 is 5.12. The summed E-state index contributed by atoms with van der Waals surface area (Å²) in [4.78, 5) is 23.7. The van der Waals surface area contributed by atoms with Gasteiger partial charge in [-0.25, -0.2) is 4.79 Å². The van der Waals surface area contributed by atoms with Gasteiger partial charge in [-0.2, -0.15) is 0 Å². The molecule has 0 spiro atoms. The number of aryl methyl sites for hydroxylation is 1. The first kappa shape index (κ1) is 17.5. The Labute approximate surface area is 142 Å². The van der Waals surface area contributed by atoms with Crippen LogP contribution in [0.15, 0.2) is 54.6 Å². The van der Waals surface area contributed by atoms with Crippen LogP contribution in [0.4, 0.5) is 5.69 Å². The van der Waals surface area contributed by atoms with Gasteiger partial charge in [0.25, 0.3) is 0 Å². The minimum atomic E-state index is -0.373. The van der Waals surface area contributed by atoms with Crippen LogP contribution in [0.1, 0.15) is 35.3 Å². The highest BCUT2D eigenvalue weighted by Crippen LogP contribution is 2.12. The van der Waals surface area contributed by atoms with E-state index in [1.165, 1.54) is 11.6 Å². The number of amides is 1. The van der Waals surface area contributed by atoms with E-state index in [0.717, 1.165) is 5.56 Å². The van der Waals surface area contributed by atoms with E-state index < -0.39 is 0 Å². The van der Waals surface area contributed by atoms with Gasteiger partial charge in [0.15, 0.2) is 0 Å². The molecule has 0 aliphatic heterocycles. The Hall–Kier alpha value is -2.88. The molecular weight excluding hydrogens is 302 g/mol. The lowest BCUT2D eigenvalue weighted by atomic mass is 10.1. The fourth-order valence-electron chi connectivity index (χ4n) is 2.01. The third-order valence-electron chi connectivity index (χ3n) is 3.24. The maximum atomic E-state index is 11.9. The van der Waals surface area contributed by atoms with Gasteiger partial charge in [0, 0.05) is 11.8 Å². The second-order valence-electron chi connectivity index (χ2n) is 5.76. The molecule has 2 aromatic carbocycles. The van der Waals surface area contributed by atoms with Gasteiger partial charge in [-0.15, -0.1) is 0 Å². The van der Waals surface area contributed by atoms with Gasteiger partial charge < -0.3 is 10.1 Å². The SMILES string of the molecule is Cc1ccc(/C=C/C(=O)Nc2ccc(C(=O)OC(C)C)cc2)cc1. The van der Waals surface area contributed by atoms with Gasteiger partial charge in [0.1, 0.15) is 0 Å². The van der Waals surface area contributed by atoms with Crippen LogP contribution in [0.25, 0.3) is 6.08 Å². The molecule has 0 saturated heterocycles. The second-order valence-corrected chi connectivity index (χ2v) is 5.76. The van der Waals surface area contributed by atoms with E-state index in [0.29, 0.717) is 11.3 Å². The van der Waals surface area contributed by atoms with Gasteiger partial charge in [0.05, 0.1) is 11.7 Å². The van der Waals surface area contributed by atoms with E-state index in [2.05, 4.69) is 5.32 Å². The van der Waals surface area contributed by atoms with Crippen LogP contribution in [0.2, 0.25) is 0 Å². The summed E-state index contributed by atoms with van der Waals surface area (Å²) >= 11 is 0. The van der Waals surface area contributed by atoms with Crippen molar-refractivity contribution in [2.45, 2.75) is 26.9 Å². The summed E-state index contributed by atoms with van der Waals surface area (Å²) in [5.74, 6) is -0.602. The summed E-state index contributed by atoms with van der Waals surface area (Å²) in [6.07, 6.45) is 3.07. The molecule has 0 aliphatic rings. The minimum Gasteiger partial charge on any atom is -0.459 e. The molecule has 1 amide bonds. The zero-order chi connectivity index (χ0) is 17.5. The molecule has 0 radical (unpaired) electrons. The summed E-state index contributed by atoms with van der Waals surface area (Å²) in [6, 6.07) is 14.5. The van der Waals surface area contributed by atoms with Crippen molar-refractivity contribution < 1.29 is 14.3 Å². The van der Waals surface area contributed by atoms with Crippen molar-refractivity contribution >= 4 is 23.6 Å². The summed E-state index contributed by atoms with van der Waals surface area (Å²) in [7, 11) is 0. The van der Waals surface area contributed by atoms with Crippen LogP contribution in [0.3, 0.4) is 0 Å². The third-order valence-corrected chi connectivity index (χ3v) is 3.24. The Balaban J connectivity index is 1.94. The molecule has 0 atom stereocenters. The number of carbonyl (C=O) groups is 2. The zero-order valence-electron chi connectivity index (χ0n) is 14.1. The van der Waals surface area contributed by atoms with Crippen LogP contribution < -0.4 is 5.32 Å². The summed E-state index contributed by atoms with van der Waals surface area (Å²) in [5, 5.41) is 2.75. The number of hydrogen-bond acceptors (Lipinski definition) is 3. The summed E-state index contributed by atoms with van der Waals surface area (Å²) in [5.41, 5.74) is 3.21. The van der Waals surface area contributed by atoms with E-state index in [1.54, 1.807) is 44.2 Å². The molecule has 2 aromatic rings. The Morgan fingerprint density at radius 2 is 1.62 bits per heavy atom. The van der Waals surface area contributed by atoms with E-state index in [1.807, 2.05) is 31.2 Å². The zero-order valence-corrected chi connectivity index (χ0v) is 14.1. The maximum absolute atomic E-state index is 11.9. The maximum Gasteiger partial charge on any atom is 0.338 e. The van der Waals surface area contributed by atoms with E-state index in [9.17, 15) is 9.59 Å². The molecule has 0 saturated carbocycles. The molecule has 0 bridgehead atoms. The predicted octanol–water partition coefficient (Wildman–Crippen LogP) is 4.21. The molecule has 0 fully saturated rings. The first-order valence-corrected chi connectivity index (χ1v) is 7.81. The number of hydrogen-bond donors (Lipinski definition) is 1. The largest absolute Gasteiger partial charge is 0.459 e. The van der Waals surface area contributed by atoms with Crippen molar-refractivity contribution in [3.05, 3.63) is 71.3 Å². The van der Waals surface area contributed by atoms with Gasteiger partial charge in [-0.1, -0.05) is 29.8 Å². The average Bonchev–Trinajstić information content (AvgIpc) is 2.54. The molecule has 4 heteroatoms. The van der Waals surface area contributed by atoms with Gasteiger partial charge >= 0.3 is 5.97 Å². The molecule has 0 aliphatic carbocycles. The molecule has 0 aromatic heterocycles. The van der Waals surface area contributed by atoms with Crippen molar-refractivity contribution in [3.8, 4) is 0 Å². The van der Waals surface area contributed by atoms with E-state index in [-0.39, 0.29) is 18.0 Å². The van der Waals surface area contributed by atoms with Crippen LogP contribution in [0, 0.1) is 6.92 Å². The van der Waals surface area contributed by atoms with E-state index in [4.69, 9.17) is 4.74 Å². The first-order chi connectivity index (χ1) is 11.4. The van der Waals surface area contributed by atoms with Crippen LogP contribution in [0.5, 0.6) is 0 Å². The monoisotopic (exact) mass is 323 g/mol. The number of carbonyl (C=O) groups excluding carboxylic acids is 2. The van der Waals surface area contributed by atoms with Crippen molar-refractivity contribution in [1.29, 1.82) is 0 Å². The topological polar surface area (TPSA) is 55.4 Å². The number of benzene rings is 2. The van der Waals surface area contributed by atoms with Gasteiger partial charge in [-0.3, -0.25) is 4.79 Å². The van der Waals surface area contributed by atoms with Crippen LogP contribution in [-0.2, 0) is 9.53 Å². The Morgan fingerprint density at radius 1 is 1.00 bits per heavy atom. The Morgan fingerprint density at radius 3 is 2.21 bits per heavy atom. The number of esters is 1. The fraction of sp³-hybridized carbons (Fsp3) is 0.200. The highest BCUT2D eigenvalue weighted by atomic mass is 16.5.